The van der Waals surface area contributed by atoms with Gasteiger partial charge in [-0.3, -0.25) is 14.3 Å². The molecule has 0 unspecified atom stereocenters. The van der Waals surface area contributed by atoms with Crippen LogP contribution in [0.2, 0.25) is 5.02 Å². The third-order valence-corrected chi connectivity index (χ3v) is 5.48. The molecule has 0 aliphatic carbocycles. The molecule has 0 N–H and O–H groups in total. The van der Waals surface area contributed by atoms with Gasteiger partial charge in [0.1, 0.15) is 16.3 Å². The molecule has 2 aromatic rings. The number of Topliss-reactive ketones (excluding diaryl/α,β-unsaturated/α-hetero) is 1. The molecular formula is C20H24ClFN2O3S. The van der Waals surface area contributed by atoms with Crippen LogP contribution in [0.25, 0.3) is 0 Å². The summed E-state index contributed by atoms with van der Waals surface area (Å²) in [5, 5.41) is 4.63. The summed E-state index contributed by atoms with van der Waals surface area (Å²) in [5.74, 6) is -1.48. The van der Waals surface area contributed by atoms with Crippen LogP contribution in [0.5, 0.6) is 0 Å². The Balaban J connectivity index is 2.04. The average Bonchev–Trinajstić information content (AvgIpc) is 2.97. The zero-order valence-corrected chi connectivity index (χ0v) is 18.4. The lowest BCUT2D eigenvalue weighted by molar-refractivity contribution is -0.144. The Morgan fingerprint density at radius 1 is 1.21 bits per heavy atom. The SMILES string of the molecule is Cn1nc(C(C)(C)C)cc1C(=O)COC(=O)C(C)(C)Sc1ccc(Cl)cc1F. The lowest BCUT2D eigenvalue weighted by Crippen LogP contribution is -2.32. The maximum absolute atomic E-state index is 14.0. The van der Waals surface area contributed by atoms with E-state index < -0.39 is 23.1 Å². The first-order valence-corrected chi connectivity index (χ1v) is 9.90. The summed E-state index contributed by atoms with van der Waals surface area (Å²) >= 11 is 6.76. The van der Waals surface area contributed by atoms with Crippen LogP contribution in [0.1, 0.15) is 50.8 Å². The predicted octanol–water partition coefficient (Wildman–Crippen LogP) is 4.81. The van der Waals surface area contributed by atoms with Crippen LogP contribution in [0.4, 0.5) is 4.39 Å². The number of benzene rings is 1. The number of aryl methyl sites for hydroxylation is 1. The minimum Gasteiger partial charge on any atom is -0.456 e. The van der Waals surface area contributed by atoms with E-state index in [1.165, 1.54) is 16.8 Å². The second kappa shape index (κ2) is 8.25. The maximum atomic E-state index is 14.0. The summed E-state index contributed by atoms with van der Waals surface area (Å²) in [6.45, 7) is 8.81. The highest BCUT2D eigenvalue weighted by atomic mass is 35.5. The Bertz CT molecular complexity index is 903. The number of hydrogen-bond acceptors (Lipinski definition) is 5. The molecule has 1 aromatic carbocycles. The normalized spacial score (nSPS) is 12.1. The highest BCUT2D eigenvalue weighted by molar-refractivity contribution is 8.01. The van der Waals surface area contributed by atoms with Crippen molar-refractivity contribution in [2.45, 2.75) is 49.7 Å². The van der Waals surface area contributed by atoms with E-state index in [2.05, 4.69) is 5.10 Å². The van der Waals surface area contributed by atoms with Gasteiger partial charge in [-0.25, -0.2) is 4.39 Å². The molecule has 0 aliphatic heterocycles. The first-order valence-electron chi connectivity index (χ1n) is 8.70. The Morgan fingerprint density at radius 2 is 1.86 bits per heavy atom. The molecule has 0 radical (unpaired) electrons. The molecule has 152 valence electrons. The fourth-order valence-corrected chi connectivity index (χ4v) is 3.49. The molecule has 1 aromatic heterocycles. The van der Waals surface area contributed by atoms with E-state index in [9.17, 15) is 14.0 Å². The van der Waals surface area contributed by atoms with E-state index >= 15 is 0 Å². The largest absolute Gasteiger partial charge is 0.456 e. The second-order valence-electron chi connectivity index (χ2n) is 7.97. The van der Waals surface area contributed by atoms with Crippen LogP contribution in [-0.4, -0.2) is 32.9 Å². The highest BCUT2D eigenvalue weighted by Crippen LogP contribution is 2.36. The molecule has 0 amide bonds. The molecular weight excluding hydrogens is 403 g/mol. The van der Waals surface area contributed by atoms with Crippen molar-refractivity contribution in [2.24, 2.45) is 7.05 Å². The molecule has 0 fully saturated rings. The van der Waals surface area contributed by atoms with Crippen LogP contribution in [-0.2, 0) is 22.0 Å². The summed E-state index contributed by atoms with van der Waals surface area (Å²) in [6, 6.07) is 5.95. The van der Waals surface area contributed by atoms with Crippen molar-refractivity contribution < 1.29 is 18.7 Å². The van der Waals surface area contributed by atoms with Gasteiger partial charge in [-0.2, -0.15) is 5.10 Å². The number of ketones is 1. The topological polar surface area (TPSA) is 61.2 Å². The smallest absolute Gasteiger partial charge is 0.322 e. The van der Waals surface area contributed by atoms with E-state index in [-0.39, 0.29) is 21.1 Å². The lowest BCUT2D eigenvalue weighted by atomic mass is 9.92. The monoisotopic (exact) mass is 426 g/mol. The van der Waals surface area contributed by atoms with Gasteiger partial charge in [0.2, 0.25) is 5.78 Å². The van der Waals surface area contributed by atoms with Crippen molar-refractivity contribution in [1.82, 2.24) is 9.78 Å². The summed E-state index contributed by atoms with van der Waals surface area (Å²) in [5.41, 5.74) is 0.944. The van der Waals surface area contributed by atoms with Gasteiger partial charge in [-0.15, -0.1) is 11.8 Å². The Morgan fingerprint density at radius 3 is 2.39 bits per heavy atom. The number of ether oxygens (including phenoxy) is 1. The van der Waals surface area contributed by atoms with Crippen LogP contribution in [0.15, 0.2) is 29.2 Å². The highest BCUT2D eigenvalue weighted by Gasteiger charge is 2.33. The van der Waals surface area contributed by atoms with Gasteiger partial charge in [0.15, 0.2) is 6.61 Å². The fourth-order valence-electron chi connectivity index (χ4n) is 2.35. The van der Waals surface area contributed by atoms with Gasteiger partial charge >= 0.3 is 5.97 Å². The molecule has 1 heterocycles. The quantitative estimate of drug-likeness (QED) is 0.377. The van der Waals surface area contributed by atoms with Crippen molar-refractivity contribution in [1.29, 1.82) is 0 Å². The third kappa shape index (κ3) is 5.35. The average molecular weight is 427 g/mol. The molecule has 0 saturated heterocycles. The van der Waals surface area contributed by atoms with Crippen molar-refractivity contribution >= 4 is 35.1 Å². The van der Waals surface area contributed by atoms with Gasteiger partial charge in [0.25, 0.3) is 0 Å². The standard InChI is InChI=1S/C20H24ClFN2O3S/c1-19(2,3)17-10-14(24(6)23-17)15(25)11-27-18(26)20(4,5)28-16-8-7-12(21)9-13(16)22/h7-10H,11H2,1-6H3. The third-order valence-electron chi connectivity index (χ3n) is 4.02. The molecule has 0 bridgehead atoms. The molecule has 5 nitrogen and oxygen atoms in total. The molecule has 2 rings (SSSR count). The number of hydrogen-bond donors (Lipinski definition) is 0. The minimum absolute atomic E-state index is 0.200. The summed E-state index contributed by atoms with van der Waals surface area (Å²) < 4.78 is 19.6. The van der Waals surface area contributed by atoms with Crippen LogP contribution in [0, 0.1) is 5.82 Å². The van der Waals surface area contributed by atoms with Crippen molar-refractivity contribution in [2.75, 3.05) is 6.61 Å². The number of rotatable bonds is 6. The van der Waals surface area contributed by atoms with Gasteiger partial charge in [0, 0.05) is 22.4 Å². The van der Waals surface area contributed by atoms with Gasteiger partial charge in [0.05, 0.1) is 5.69 Å². The Kier molecular flexibility index (Phi) is 6.61. The molecule has 0 atom stereocenters. The number of carbonyl (C=O) groups excluding carboxylic acids is 2. The van der Waals surface area contributed by atoms with E-state index in [1.807, 2.05) is 20.8 Å². The minimum atomic E-state index is -1.09. The van der Waals surface area contributed by atoms with E-state index in [0.29, 0.717) is 5.69 Å². The molecule has 0 spiro atoms. The predicted molar refractivity (Wildman–Crippen MR) is 109 cm³/mol. The molecule has 28 heavy (non-hydrogen) atoms. The van der Waals surface area contributed by atoms with E-state index in [1.54, 1.807) is 33.0 Å². The molecule has 0 saturated carbocycles. The number of halogens is 2. The Hall–Kier alpha value is -1.86. The van der Waals surface area contributed by atoms with Crippen molar-refractivity contribution in [3.05, 3.63) is 46.5 Å². The van der Waals surface area contributed by atoms with Crippen LogP contribution >= 0.6 is 23.4 Å². The van der Waals surface area contributed by atoms with Gasteiger partial charge in [-0.05, 0) is 38.1 Å². The van der Waals surface area contributed by atoms with E-state index in [4.69, 9.17) is 16.3 Å². The zero-order valence-electron chi connectivity index (χ0n) is 16.8. The van der Waals surface area contributed by atoms with E-state index in [0.717, 1.165) is 17.5 Å². The number of aromatic nitrogens is 2. The number of nitrogens with zero attached hydrogens (tertiary/aromatic N) is 2. The van der Waals surface area contributed by atoms with Crippen LogP contribution < -0.4 is 0 Å². The first-order chi connectivity index (χ1) is 12.8. The summed E-state index contributed by atoms with van der Waals surface area (Å²) in [4.78, 5) is 25.2. The number of esters is 1. The van der Waals surface area contributed by atoms with Crippen molar-refractivity contribution in [3.8, 4) is 0 Å². The van der Waals surface area contributed by atoms with Gasteiger partial charge in [-0.1, -0.05) is 32.4 Å². The molecule has 8 heteroatoms. The number of thioether (sulfide) groups is 1. The summed E-state index contributed by atoms with van der Waals surface area (Å²) in [7, 11) is 1.67. The summed E-state index contributed by atoms with van der Waals surface area (Å²) in [6.07, 6.45) is 0. The van der Waals surface area contributed by atoms with Crippen LogP contribution in [0.3, 0.4) is 0 Å². The number of carbonyl (C=O) groups is 2. The maximum Gasteiger partial charge on any atom is 0.322 e. The fraction of sp³-hybridized carbons (Fsp3) is 0.450. The Labute approximate surface area is 173 Å². The van der Waals surface area contributed by atoms with Gasteiger partial charge < -0.3 is 4.74 Å². The lowest BCUT2D eigenvalue weighted by Gasteiger charge is -2.22. The first kappa shape index (κ1) is 22.4. The second-order valence-corrected chi connectivity index (χ2v) is 10.1. The zero-order chi connectivity index (χ0) is 21.3. The van der Waals surface area contributed by atoms with Crippen molar-refractivity contribution in [3.63, 3.8) is 0 Å². The molecule has 0 aliphatic rings.